The smallest absolute Gasteiger partial charge is 0.410 e. The van der Waals surface area contributed by atoms with Gasteiger partial charge in [-0.3, -0.25) is 4.68 Å². The number of likely N-dealkylation sites (tertiary alicyclic amines) is 1. The Bertz CT molecular complexity index is 1600. The average Bonchev–Trinajstić information content (AvgIpc) is 3.42. The van der Waals surface area contributed by atoms with Gasteiger partial charge in [0.25, 0.3) is 10.0 Å². The van der Waals surface area contributed by atoms with Crippen molar-refractivity contribution in [2.45, 2.75) is 30.3 Å². The van der Waals surface area contributed by atoms with Gasteiger partial charge in [0, 0.05) is 26.2 Å². The Kier molecular flexibility index (Phi) is 8.71. The van der Waals surface area contributed by atoms with E-state index in [1.54, 1.807) is 45.5 Å². The van der Waals surface area contributed by atoms with Crippen LogP contribution in [0.2, 0.25) is 0 Å². The van der Waals surface area contributed by atoms with E-state index in [1.807, 2.05) is 54.6 Å². The lowest BCUT2D eigenvalue weighted by molar-refractivity contribution is -0.0997. The van der Waals surface area contributed by atoms with Gasteiger partial charge in [-0.2, -0.15) is 9.40 Å². The van der Waals surface area contributed by atoms with Crippen molar-refractivity contribution in [3.05, 3.63) is 107 Å². The van der Waals surface area contributed by atoms with E-state index in [2.05, 4.69) is 5.10 Å². The number of aliphatic hydroxyl groups is 1. The number of hydrogen-bond donors (Lipinski definition) is 1. The number of rotatable bonds is 11. The second-order valence-corrected chi connectivity index (χ2v) is 12.3. The number of nitrogens with zero attached hydrogens (tertiary/aromatic N) is 4. The molecule has 0 radical (unpaired) electrons. The third kappa shape index (κ3) is 6.66. The lowest BCUT2D eigenvalue weighted by atomic mass is 9.91. The number of amides is 1. The molecule has 226 valence electrons. The highest BCUT2D eigenvalue weighted by Gasteiger charge is 2.48. The highest BCUT2D eigenvalue weighted by Crippen LogP contribution is 2.34. The Labute approximate surface area is 250 Å². The minimum Gasteiger partial charge on any atom is -0.497 e. The van der Waals surface area contributed by atoms with Crippen molar-refractivity contribution in [1.82, 2.24) is 19.0 Å². The highest BCUT2D eigenvalue weighted by molar-refractivity contribution is 7.89. The molecular weight excluding hydrogens is 572 g/mol. The van der Waals surface area contributed by atoms with Gasteiger partial charge in [0.05, 0.1) is 33.0 Å². The number of aromatic nitrogens is 2. The molecule has 0 bridgehead atoms. The van der Waals surface area contributed by atoms with E-state index in [9.17, 15) is 18.3 Å². The molecule has 12 heteroatoms. The molecule has 0 atom stereocenters. The summed E-state index contributed by atoms with van der Waals surface area (Å²) in [4.78, 5) is 13.9. The first-order valence-electron chi connectivity index (χ1n) is 13.6. The predicted octanol–water partition coefficient (Wildman–Crippen LogP) is 3.67. The molecule has 5 rings (SSSR count). The number of benzene rings is 3. The summed E-state index contributed by atoms with van der Waals surface area (Å²) in [5.41, 5.74) is 1.18. The number of carbonyl (C=O) groups excluding carboxylic acids is 1. The van der Waals surface area contributed by atoms with Gasteiger partial charge in [-0.1, -0.05) is 54.6 Å². The fourth-order valence-corrected chi connectivity index (χ4v) is 6.31. The Balaban J connectivity index is 1.34. The fraction of sp³-hybridized carbons (Fsp3) is 0.290. The second-order valence-electron chi connectivity index (χ2n) is 10.4. The van der Waals surface area contributed by atoms with Gasteiger partial charge in [-0.05, 0) is 41.0 Å². The van der Waals surface area contributed by atoms with Gasteiger partial charge in [-0.15, -0.1) is 0 Å². The molecule has 1 saturated heterocycles. The van der Waals surface area contributed by atoms with Crippen LogP contribution in [0.25, 0.3) is 0 Å². The van der Waals surface area contributed by atoms with Crippen LogP contribution in [0.3, 0.4) is 0 Å². The molecule has 1 aliphatic rings. The van der Waals surface area contributed by atoms with E-state index in [-0.39, 0.29) is 43.5 Å². The van der Waals surface area contributed by atoms with Crippen molar-refractivity contribution in [3.8, 4) is 11.5 Å². The molecule has 2 heterocycles. The fourth-order valence-electron chi connectivity index (χ4n) is 4.92. The molecule has 1 amide bonds. The maximum atomic E-state index is 14.0. The molecule has 43 heavy (non-hydrogen) atoms. The first-order valence-corrected chi connectivity index (χ1v) is 15.0. The van der Waals surface area contributed by atoms with E-state index in [1.165, 1.54) is 20.0 Å². The number of methoxy groups -OCH3 is 2. The predicted molar refractivity (Wildman–Crippen MR) is 158 cm³/mol. The number of aryl methyl sites for hydroxylation is 1. The van der Waals surface area contributed by atoms with Crippen molar-refractivity contribution in [2.24, 2.45) is 7.05 Å². The van der Waals surface area contributed by atoms with Crippen LogP contribution in [-0.4, -0.2) is 65.9 Å². The summed E-state index contributed by atoms with van der Waals surface area (Å²) in [7, 11) is 0.581. The van der Waals surface area contributed by atoms with E-state index in [0.29, 0.717) is 11.5 Å². The van der Waals surface area contributed by atoms with Gasteiger partial charge in [0.2, 0.25) is 0 Å². The minimum absolute atomic E-state index is 0.0545. The van der Waals surface area contributed by atoms with Crippen LogP contribution < -0.4 is 9.47 Å². The lowest BCUT2D eigenvalue weighted by Crippen LogP contribution is -2.61. The quantitative estimate of drug-likeness (QED) is 0.274. The van der Waals surface area contributed by atoms with Gasteiger partial charge >= 0.3 is 6.09 Å². The molecule has 0 spiro atoms. The summed E-state index contributed by atoms with van der Waals surface area (Å²) in [6.45, 7) is 0.161. The summed E-state index contributed by atoms with van der Waals surface area (Å²) < 4.78 is 46.5. The van der Waals surface area contributed by atoms with Crippen molar-refractivity contribution < 1.29 is 32.5 Å². The zero-order valence-electron chi connectivity index (χ0n) is 24.2. The molecule has 3 aromatic carbocycles. The summed E-state index contributed by atoms with van der Waals surface area (Å²) in [6.07, 6.45) is -0.561. The van der Waals surface area contributed by atoms with E-state index in [4.69, 9.17) is 14.2 Å². The molecule has 1 aliphatic heterocycles. The molecule has 1 aromatic heterocycles. The third-order valence-electron chi connectivity index (χ3n) is 7.34. The Morgan fingerprint density at radius 1 is 0.884 bits per heavy atom. The number of ether oxygens (including phenoxy) is 3. The molecule has 0 unspecified atom stereocenters. The van der Waals surface area contributed by atoms with Crippen molar-refractivity contribution in [2.75, 3.05) is 27.3 Å². The van der Waals surface area contributed by atoms with Crippen LogP contribution >= 0.6 is 0 Å². The van der Waals surface area contributed by atoms with E-state index < -0.39 is 21.7 Å². The van der Waals surface area contributed by atoms with Gasteiger partial charge in [0.15, 0.2) is 5.03 Å². The third-order valence-corrected chi connectivity index (χ3v) is 9.01. The molecule has 0 aliphatic carbocycles. The first-order chi connectivity index (χ1) is 20.6. The van der Waals surface area contributed by atoms with Crippen molar-refractivity contribution >= 4 is 16.1 Å². The van der Waals surface area contributed by atoms with Crippen LogP contribution in [0.4, 0.5) is 4.79 Å². The Hall–Kier alpha value is -4.39. The van der Waals surface area contributed by atoms with Crippen LogP contribution in [-0.2, 0) is 47.1 Å². The zero-order valence-corrected chi connectivity index (χ0v) is 25.0. The molecule has 1 fully saturated rings. The molecule has 4 aromatic rings. The molecule has 0 saturated carbocycles. The number of β-amino-alcohol motifs (C(OH)–C–C–N with tert-alkyl or cyclic N) is 1. The van der Waals surface area contributed by atoms with Crippen LogP contribution in [0.15, 0.2) is 90.0 Å². The molecule has 11 nitrogen and oxygen atoms in total. The molecule has 1 N–H and O–H groups in total. The normalized spacial score (nSPS) is 14.3. The van der Waals surface area contributed by atoms with Crippen LogP contribution in [0.5, 0.6) is 11.5 Å². The summed E-state index contributed by atoms with van der Waals surface area (Å²) in [5, 5.41) is 15.4. The van der Waals surface area contributed by atoms with Crippen molar-refractivity contribution in [1.29, 1.82) is 0 Å². The average molecular weight is 607 g/mol. The van der Waals surface area contributed by atoms with E-state index >= 15 is 0 Å². The van der Waals surface area contributed by atoms with E-state index in [0.717, 1.165) is 16.7 Å². The van der Waals surface area contributed by atoms with Crippen LogP contribution in [0, 0.1) is 0 Å². The lowest BCUT2D eigenvalue weighted by Gasteiger charge is -2.45. The van der Waals surface area contributed by atoms with Crippen molar-refractivity contribution in [3.63, 3.8) is 0 Å². The second kappa shape index (κ2) is 12.5. The summed E-state index contributed by atoms with van der Waals surface area (Å²) in [5.74, 6) is 1.32. The number of carbonyl (C=O) groups is 1. The Morgan fingerprint density at radius 3 is 1.93 bits per heavy atom. The number of sulfonamides is 1. The standard InChI is InChI=1S/C31H34N4O7S/c1-33-28(31(37)21-34(22-31)30(36)42-20-25-7-5-4-6-8-25)17-29(32-33)43(38,39)35(18-23-9-13-26(40-2)14-10-23)19-24-11-15-27(41-3)16-12-24/h4-17,37H,18-22H2,1-3H3. The number of hydrogen-bond acceptors (Lipinski definition) is 8. The molecular formula is C31H34N4O7S. The van der Waals surface area contributed by atoms with Gasteiger partial charge in [-0.25, -0.2) is 13.2 Å². The maximum Gasteiger partial charge on any atom is 0.410 e. The highest BCUT2D eigenvalue weighted by atomic mass is 32.2. The monoisotopic (exact) mass is 606 g/mol. The Morgan fingerprint density at radius 2 is 1.42 bits per heavy atom. The largest absolute Gasteiger partial charge is 0.497 e. The SMILES string of the molecule is COc1ccc(CN(Cc2ccc(OC)cc2)S(=O)(=O)c2cc(C3(O)CN(C(=O)OCc4ccccc4)C3)n(C)n2)cc1. The van der Waals surface area contributed by atoms with Gasteiger partial charge in [0.1, 0.15) is 23.7 Å². The summed E-state index contributed by atoms with van der Waals surface area (Å²) >= 11 is 0. The first kappa shape index (κ1) is 30.1. The zero-order chi connectivity index (χ0) is 30.6. The topological polar surface area (TPSA) is 123 Å². The minimum atomic E-state index is -4.12. The summed E-state index contributed by atoms with van der Waals surface area (Å²) in [6, 6.07) is 25.0. The van der Waals surface area contributed by atoms with Crippen LogP contribution in [0.1, 0.15) is 22.4 Å². The maximum absolute atomic E-state index is 14.0. The van der Waals surface area contributed by atoms with Gasteiger partial charge < -0.3 is 24.2 Å².